The van der Waals surface area contributed by atoms with Gasteiger partial charge in [0.15, 0.2) is 5.54 Å². The molecule has 8 heteroatoms. The van der Waals surface area contributed by atoms with Crippen LogP contribution in [0.1, 0.15) is 17.5 Å². The van der Waals surface area contributed by atoms with E-state index in [1.807, 2.05) is 36.4 Å². The Bertz CT molecular complexity index is 1190. The van der Waals surface area contributed by atoms with Gasteiger partial charge in [-0.2, -0.15) is 0 Å². The van der Waals surface area contributed by atoms with Crippen LogP contribution >= 0.6 is 0 Å². The zero-order valence-electron chi connectivity index (χ0n) is 17.4. The summed E-state index contributed by atoms with van der Waals surface area (Å²) >= 11 is 0. The predicted molar refractivity (Wildman–Crippen MR) is 117 cm³/mol. The Kier molecular flexibility index (Phi) is 4.46. The minimum atomic E-state index is -0.811. The Morgan fingerprint density at radius 2 is 1.84 bits per heavy atom. The van der Waals surface area contributed by atoms with Crippen molar-refractivity contribution in [3.8, 4) is 28.4 Å². The second-order valence-electron chi connectivity index (χ2n) is 8.24. The number of ether oxygens (including phenoxy) is 4. The van der Waals surface area contributed by atoms with Gasteiger partial charge in [0.05, 0.1) is 13.2 Å². The molecule has 0 amide bonds. The maximum atomic E-state index is 6.25. The van der Waals surface area contributed by atoms with Crippen molar-refractivity contribution < 1.29 is 18.9 Å². The third kappa shape index (κ3) is 3.15. The molecule has 3 aromatic rings. The average molecular weight is 430 g/mol. The van der Waals surface area contributed by atoms with Crippen LogP contribution in [0.15, 0.2) is 60.1 Å². The maximum Gasteiger partial charge on any atom is 0.283 e. The van der Waals surface area contributed by atoms with Crippen LogP contribution in [0.3, 0.4) is 0 Å². The zero-order chi connectivity index (χ0) is 21.5. The lowest BCUT2D eigenvalue weighted by molar-refractivity contribution is 0.167. The van der Waals surface area contributed by atoms with Crippen molar-refractivity contribution in [2.75, 3.05) is 26.4 Å². The topological polar surface area (TPSA) is 101 Å². The van der Waals surface area contributed by atoms with Gasteiger partial charge in [-0.3, -0.25) is 0 Å². The summed E-state index contributed by atoms with van der Waals surface area (Å²) in [5, 5.41) is 0. The van der Waals surface area contributed by atoms with Crippen LogP contribution in [-0.2, 0) is 15.0 Å². The Morgan fingerprint density at radius 3 is 2.59 bits per heavy atom. The quantitative estimate of drug-likeness (QED) is 0.678. The van der Waals surface area contributed by atoms with Gasteiger partial charge in [-0.15, -0.1) is 0 Å². The van der Waals surface area contributed by atoms with Gasteiger partial charge in [0.25, 0.3) is 6.02 Å². The van der Waals surface area contributed by atoms with Crippen molar-refractivity contribution in [3.63, 3.8) is 0 Å². The molecule has 1 saturated heterocycles. The van der Waals surface area contributed by atoms with E-state index in [0.717, 1.165) is 53.4 Å². The van der Waals surface area contributed by atoms with E-state index < -0.39 is 5.54 Å². The fourth-order valence-corrected chi connectivity index (χ4v) is 4.48. The Hall–Kier alpha value is -3.65. The van der Waals surface area contributed by atoms with Crippen LogP contribution in [0.4, 0.5) is 0 Å². The summed E-state index contributed by atoms with van der Waals surface area (Å²) < 4.78 is 23.5. The number of nitrogens with two attached hydrogens (primary N) is 1. The molecule has 2 unspecified atom stereocenters. The van der Waals surface area contributed by atoms with E-state index in [1.54, 1.807) is 12.4 Å². The first-order valence-electron chi connectivity index (χ1n) is 10.6. The lowest BCUT2D eigenvalue weighted by Gasteiger charge is -2.34. The number of aliphatic imine (C=N–C) groups is 1. The Morgan fingerprint density at radius 1 is 1.03 bits per heavy atom. The van der Waals surface area contributed by atoms with Crippen LogP contribution < -0.4 is 15.2 Å². The highest BCUT2D eigenvalue weighted by Gasteiger charge is 2.47. The van der Waals surface area contributed by atoms with E-state index in [0.29, 0.717) is 18.3 Å². The second-order valence-corrected chi connectivity index (χ2v) is 8.24. The predicted octanol–water partition coefficient (Wildman–Crippen LogP) is 3.25. The highest BCUT2D eigenvalue weighted by Crippen LogP contribution is 2.52. The van der Waals surface area contributed by atoms with E-state index in [1.165, 1.54) is 6.33 Å². The maximum absolute atomic E-state index is 6.25. The fourth-order valence-electron chi connectivity index (χ4n) is 4.48. The summed E-state index contributed by atoms with van der Waals surface area (Å²) in [7, 11) is 0. The molecule has 2 N–H and O–H groups in total. The second kappa shape index (κ2) is 7.49. The fraction of sp³-hybridized carbons (Fsp3) is 0.292. The monoisotopic (exact) mass is 430 g/mol. The first-order valence-corrected chi connectivity index (χ1v) is 10.6. The van der Waals surface area contributed by atoms with E-state index >= 15 is 0 Å². The van der Waals surface area contributed by atoms with E-state index in [-0.39, 0.29) is 12.6 Å². The molecule has 1 aromatic heterocycles. The number of hydrogen-bond acceptors (Lipinski definition) is 8. The summed E-state index contributed by atoms with van der Waals surface area (Å²) in [5.74, 6) is 2.61. The van der Waals surface area contributed by atoms with Gasteiger partial charge < -0.3 is 24.7 Å². The van der Waals surface area contributed by atoms with Gasteiger partial charge in [0, 0.05) is 41.6 Å². The lowest BCUT2D eigenvalue weighted by atomic mass is 9.80. The Balaban J connectivity index is 1.42. The van der Waals surface area contributed by atoms with Crippen LogP contribution in [0.2, 0.25) is 0 Å². The largest absolute Gasteiger partial charge is 0.493 e. The number of rotatable bonds is 4. The minimum absolute atomic E-state index is 0.159. The van der Waals surface area contributed by atoms with E-state index in [9.17, 15) is 0 Å². The summed E-state index contributed by atoms with van der Waals surface area (Å²) in [5.41, 5.74) is 8.81. The molecule has 162 valence electrons. The molecular formula is C24H22N4O4. The molecule has 2 aromatic carbocycles. The summed E-state index contributed by atoms with van der Waals surface area (Å²) in [6.07, 6.45) is 6.09. The van der Waals surface area contributed by atoms with Gasteiger partial charge in [-0.1, -0.05) is 6.07 Å². The van der Waals surface area contributed by atoms with Crippen molar-refractivity contribution in [2.24, 2.45) is 16.6 Å². The van der Waals surface area contributed by atoms with Crippen molar-refractivity contribution in [3.05, 3.63) is 66.2 Å². The molecule has 32 heavy (non-hydrogen) atoms. The van der Waals surface area contributed by atoms with Gasteiger partial charge in [-0.05, 0) is 42.3 Å². The molecule has 3 aliphatic heterocycles. The summed E-state index contributed by atoms with van der Waals surface area (Å²) in [6.45, 7) is 2.44. The minimum Gasteiger partial charge on any atom is -0.493 e. The molecule has 0 bridgehead atoms. The number of fused-ring (bicyclic) bond motifs is 4. The standard InChI is InChI=1S/C24H22N4O4/c25-23-28-24(13-31-23)19-7-16(17-9-26-14-27-10-17)1-3-21(19)32-22-4-2-18(8-20(22)24)30-12-15-5-6-29-11-15/h1-4,7-10,14-15H,5-6,11-13H2,(H2,25,28). The van der Waals surface area contributed by atoms with Crippen LogP contribution in [0.5, 0.6) is 17.2 Å². The van der Waals surface area contributed by atoms with Gasteiger partial charge in [-0.25, -0.2) is 15.0 Å². The average Bonchev–Trinajstić information content (AvgIpc) is 3.49. The summed E-state index contributed by atoms with van der Waals surface area (Å²) in [6, 6.07) is 12.0. The molecular weight excluding hydrogens is 408 g/mol. The number of aromatic nitrogens is 2. The highest BCUT2D eigenvalue weighted by molar-refractivity contribution is 5.78. The van der Waals surface area contributed by atoms with E-state index in [4.69, 9.17) is 29.7 Å². The van der Waals surface area contributed by atoms with Gasteiger partial charge in [0.2, 0.25) is 0 Å². The molecule has 8 nitrogen and oxygen atoms in total. The number of amidine groups is 1. The van der Waals surface area contributed by atoms with E-state index in [2.05, 4.69) is 9.97 Å². The van der Waals surface area contributed by atoms with Gasteiger partial charge in [0.1, 0.15) is 30.2 Å². The third-order valence-electron chi connectivity index (χ3n) is 6.18. The molecule has 3 aliphatic rings. The first-order chi connectivity index (χ1) is 15.7. The molecule has 0 aliphatic carbocycles. The molecule has 2 atom stereocenters. The molecule has 1 fully saturated rings. The molecule has 6 rings (SSSR count). The number of benzene rings is 2. The van der Waals surface area contributed by atoms with Crippen LogP contribution in [0, 0.1) is 5.92 Å². The molecule has 4 heterocycles. The smallest absolute Gasteiger partial charge is 0.283 e. The first kappa shape index (κ1) is 19.1. The molecule has 1 spiro atoms. The van der Waals surface area contributed by atoms with Crippen LogP contribution in [-0.4, -0.2) is 42.4 Å². The number of hydrogen-bond donors (Lipinski definition) is 1. The van der Waals surface area contributed by atoms with Gasteiger partial charge >= 0.3 is 0 Å². The third-order valence-corrected chi connectivity index (χ3v) is 6.18. The SMILES string of the molecule is NC1=NC2(CO1)c1cc(OCC3CCOC3)ccc1Oc1ccc(-c3cncnc3)cc12. The van der Waals surface area contributed by atoms with Crippen molar-refractivity contribution in [1.29, 1.82) is 0 Å². The number of nitrogens with zero attached hydrogens (tertiary/aromatic N) is 3. The van der Waals surface area contributed by atoms with Crippen molar-refractivity contribution >= 4 is 6.02 Å². The molecule has 0 saturated carbocycles. The normalized spacial score (nSPS) is 23.1. The Labute approximate surface area is 185 Å². The summed E-state index contributed by atoms with van der Waals surface area (Å²) in [4.78, 5) is 13.0. The highest BCUT2D eigenvalue weighted by atomic mass is 16.5. The van der Waals surface area contributed by atoms with Crippen molar-refractivity contribution in [2.45, 2.75) is 12.0 Å². The van der Waals surface area contributed by atoms with Crippen LogP contribution in [0.25, 0.3) is 11.1 Å². The molecule has 0 radical (unpaired) electrons. The zero-order valence-corrected chi connectivity index (χ0v) is 17.4. The lowest BCUT2D eigenvalue weighted by Crippen LogP contribution is -2.31. The van der Waals surface area contributed by atoms with Crippen molar-refractivity contribution in [1.82, 2.24) is 9.97 Å².